The van der Waals surface area contributed by atoms with E-state index in [1.165, 1.54) is 0 Å². The molecule has 8 nitrogen and oxygen atoms in total. The zero-order chi connectivity index (χ0) is 25.5. The number of aliphatic carboxylic acids is 1. The van der Waals surface area contributed by atoms with Crippen LogP contribution in [0, 0.1) is 0 Å². The van der Waals surface area contributed by atoms with Crippen LogP contribution in [-0.2, 0) is 20.7 Å². The number of aromatic amines is 1. The van der Waals surface area contributed by atoms with Crippen molar-refractivity contribution in [3.63, 3.8) is 0 Å². The van der Waals surface area contributed by atoms with E-state index in [2.05, 4.69) is 16.0 Å². The maximum Gasteiger partial charge on any atom is 0.329 e. The van der Waals surface area contributed by atoms with Gasteiger partial charge in [0, 0.05) is 35.9 Å². The van der Waals surface area contributed by atoms with Crippen molar-refractivity contribution in [2.24, 2.45) is 0 Å². The molecule has 0 fully saturated rings. The van der Waals surface area contributed by atoms with Crippen molar-refractivity contribution in [3.05, 3.63) is 59.5 Å². The van der Waals surface area contributed by atoms with Crippen LogP contribution < -0.4 is 4.74 Å². The van der Waals surface area contributed by atoms with E-state index in [0.29, 0.717) is 50.7 Å². The van der Waals surface area contributed by atoms with Crippen molar-refractivity contribution in [2.45, 2.75) is 38.3 Å². The third-order valence-electron chi connectivity index (χ3n) is 6.20. The van der Waals surface area contributed by atoms with Crippen molar-refractivity contribution >= 4 is 16.9 Å². The van der Waals surface area contributed by atoms with Crippen molar-refractivity contribution < 1.29 is 32.9 Å². The Morgan fingerprint density at radius 1 is 1.17 bits per heavy atom. The summed E-state index contributed by atoms with van der Waals surface area (Å²) < 4.78 is 43.1. The molecule has 0 unspecified atom stereocenters. The number of hydrogen-bond donors (Lipinski definition) is 2. The van der Waals surface area contributed by atoms with Crippen LogP contribution in [0.15, 0.2) is 42.6 Å². The highest BCUT2D eigenvalue weighted by atomic mass is 19.3. The first-order valence-corrected chi connectivity index (χ1v) is 12.0. The van der Waals surface area contributed by atoms with Gasteiger partial charge in [0.1, 0.15) is 19.0 Å². The fraction of sp³-hybridized carbons (Fsp3) is 0.462. The van der Waals surface area contributed by atoms with E-state index in [9.17, 15) is 13.6 Å². The summed E-state index contributed by atoms with van der Waals surface area (Å²) in [6, 6.07) is 11.2. The number of nitrogens with one attached hydrogen (secondary N) is 1. The van der Waals surface area contributed by atoms with Crippen LogP contribution in [-0.4, -0.2) is 78.0 Å². The van der Waals surface area contributed by atoms with Gasteiger partial charge < -0.3 is 24.3 Å². The molecule has 1 aliphatic rings. The first kappa shape index (κ1) is 26.0. The van der Waals surface area contributed by atoms with Crippen LogP contribution in [0.3, 0.4) is 0 Å². The summed E-state index contributed by atoms with van der Waals surface area (Å²) in [5.41, 5.74) is 3.74. The molecule has 2 aromatic heterocycles. The molecule has 36 heavy (non-hydrogen) atoms. The number of rotatable bonds is 13. The molecule has 0 amide bonds. The van der Waals surface area contributed by atoms with Crippen molar-refractivity contribution in [1.29, 1.82) is 0 Å². The average molecular weight is 504 g/mol. The molecule has 10 heteroatoms. The van der Waals surface area contributed by atoms with Gasteiger partial charge in [-0.1, -0.05) is 18.2 Å². The summed E-state index contributed by atoms with van der Waals surface area (Å²) in [5, 5.41) is 9.63. The van der Waals surface area contributed by atoms with Crippen LogP contribution in [0.1, 0.15) is 36.3 Å². The zero-order valence-electron chi connectivity index (χ0n) is 20.2. The molecule has 2 atom stereocenters. The minimum absolute atomic E-state index is 0.0693. The molecule has 0 saturated heterocycles. The minimum atomic E-state index is -2.45. The lowest BCUT2D eigenvalue weighted by molar-refractivity contribution is -0.142. The van der Waals surface area contributed by atoms with E-state index in [1.807, 2.05) is 36.1 Å². The second kappa shape index (κ2) is 12.2. The summed E-state index contributed by atoms with van der Waals surface area (Å²) in [5.74, 6) is -0.432. The van der Waals surface area contributed by atoms with E-state index in [0.717, 1.165) is 22.2 Å². The van der Waals surface area contributed by atoms with Gasteiger partial charge in [-0.2, -0.15) is 0 Å². The number of carboxylic acids is 1. The lowest BCUT2D eigenvalue weighted by atomic mass is 9.90. The molecule has 3 heterocycles. The predicted molar refractivity (Wildman–Crippen MR) is 130 cm³/mol. The number of para-hydroxylation sites is 1. The Balaban J connectivity index is 1.39. The number of hydrogen-bond acceptors (Lipinski definition) is 6. The normalized spacial score (nSPS) is 18.0. The summed E-state index contributed by atoms with van der Waals surface area (Å²) in [6.45, 7) is 2.77. The molecule has 194 valence electrons. The first-order chi connectivity index (χ1) is 17.4. The lowest BCUT2D eigenvalue weighted by Crippen LogP contribution is -2.45. The molecule has 1 aliphatic heterocycles. The number of H-pyrrole nitrogens is 1. The summed E-state index contributed by atoms with van der Waals surface area (Å²) in [4.78, 5) is 20.2. The molecule has 4 rings (SSSR count). The Bertz CT molecular complexity index is 1140. The Hall–Kier alpha value is -3.08. The number of benzene rings is 1. The second-order valence-electron chi connectivity index (χ2n) is 8.79. The maximum atomic E-state index is 13.5. The third kappa shape index (κ3) is 6.37. The fourth-order valence-electron chi connectivity index (χ4n) is 4.65. The van der Waals surface area contributed by atoms with E-state index >= 15 is 0 Å². The predicted octanol–water partition coefficient (Wildman–Crippen LogP) is 4.05. The molecule has 0 radical (unpaired) electrons. The molecule has 1 aromatic carbocycles. The highest BCUT2D eigenvalue weighted by Gasteiger charge is 2.37. The number of pyridine rings is 1. The van der Waals surface area contributed by atoms with E-state index in [-0.39, 0.29) is 19.2 Å². The first-order valence-electron chi connectivity index (χ1n) is 12.0. The summed E-state index contributed by atoms with van der Waals surface area (Å²) in [6.07, 6.45) is 0.438. The van der Waals surface area contributed by atoms with Gasteiger partial charge in [0.25, 0.3) is 6.43 Å². The molecule has 0 aliphatic carbocycles. The van der Waals surface area contributed by atoms with Gasteiger partial charge in [-0.05, 0) is 43.5 Å². The van der Waals surface area contributed by atoms with Crippen molar-refractivity contribution in [1.82, 2.24) is 14.9 Å². The molecule has 0 bridgehead atoms. The maximum absolute atomic E-state index is 13.5. The molecule has 3 aromatic rings. The number of aromatic nitrogens is 2. The van der Waals surface area contributed by atoms with Gasteiger partial charge in [0.05, 0.1) is 31.1 Å². The number of nitrogens with zero attached hydrogens (tertiary/aromatic N) is 2. The SMILES string of the molecule is C[C@@H]1Cc2c([nH]c3ccccc23)[C@@H](c2ccc(OCCOCCCOCC(=O)O)cn2)N1CC(F)F. The third-order valence-corrected chi connectivity index (χ3v) is 6.20. The van der Waals surface area contributed by atoms with Crippen LogP contribution >= 0.6 is 0 Å². The second-order valence-corrected chi connectivity index (χ2v) is 8.79. The van der Waals surface area contributed by atoms with Gasteiger partial charge in [0.15, 0.2) is 0 Å². The molecular weight excluding hydrogens is 472 g/mol. The van der Waals surface area contributed by atoms with Gasteiger partial charge in [-0.15, -0.1) is 0 Å². The van der Waals surface area contributed by atoms with Crippen molar-refractivity contribution in [3.8, 4) is 5.75 Å². The Morgan fingerprint density at radius 3 is 2.72 bits per heavy atom. The van der Waals surface area contributed by atoms with Crippen LogP contribution in [0.5, 0.6) is 5.75 Å². The highest BCUT2D eigenvalue weighted by Crippen LogP contribution is 2.40. The van der Waals surface area contributed by atoms with Gasteiger partial charge in [-0.3, -0.25) is 9.88 Å². The van der Waals surface area contributed by atoms with Crippen molar-refractivity contribution in [2.75, 3.05) is 39.6 Å². The van der Waals surface area contributed by atoms with Gasteiger partial charge in [0.2, 0.25) is 0 Å². The molecule has 0 spiro atoms. The molecular formula is C26H31F2N3O5. The standard InChI is InChI=1S/C26H31F2N3O5/c1-17-13-20-19-5-2-3-6-21(19)30-25(20)26(31(17)15-23(27)28)22-8-7-18(14-29-22)36-12-11-34-9-4-10-35-16-24(32)33/h2-3,5-8,14,17,23,26,30H,4,9-13,15-16H2,1H3,(H,32,33)/t17-,26-/m1/s1. The lowest BCUT2D eigenvalue weighted by Gasteiger charge is -2.40. The molecule has 2 N–H and O–H groups in total. The largest absolute Gasteiger partial charge is 0.490 e. The number of ether oxygens (including phenoxy) is 3. The van der Waals surface area contributed by atoms with Gasteiger partial charge >= 0.3 is 5.97 Å². The number of halogens is 2. The van der Waals surface area contributed by atoms with Crippen LogP contribution in [0.25, 0.3) is 10.9 Å². The zero-order valence-corrected chi connectivity index (χ0v) is 20.2. The average Bonchev–Trinajstić information content (AvgIpc) is 3.21. The minimum Gasteiger partial charge on any atom is -0.490 e. The summed E-state index contributed by atoms with van der Waals surface area (Å²) >= 11 is 0. The smallest absolute Gasteiger partial charge is 0.329 e. The van der Waals surface area contributed by atoms with E-state index < -0.39 is 18.4 Å². The Morgan fingerprint density at radius 2 is 1.97 bits per heavy atom. The Labute approximate surface area is 208 Å². The highest BCUT2D eigenvalue weighted by molar-refractivity contribution is 5.85. The van der Waals surface area contributed by atoms with Gasteiger partial charge in [-0.25, -0.2) is 13.6 Å². The molecule has 0 saturated carbocycles. The topological polar surface area (TPSA) is 96.9 Å². The quantitative estimate of drug-likeness (QED) is 0.340. The number of fused-ring (bicyclic) bond motifs is 3. The number of carbonyl (C=O) groups is 1. The fourth-order valence-corrected chi connectivity index (χ4v) is 4.65. The van der Waals surface area contributed by atoms with Crippen LogP contribution in [0.2, 0.25) is 0 Å². The summed E-state index contributed by atoms with van der Waals surface area (Å²) in [7, 11) is 0. The number of carboxylic acid groups (broad SMARTS) is 1. The van der Waals surface area contributed by atoms with E-state index in [1.54, 1.807) is 12.3 Å². The Kier molecular flexibility index (Phi) is 8.84. The van der Waals surface area contributed by atoms with E-state index in [4.69, 9.17) is 19.3 Å². The number of alkyl halides is 2. The van der Waals surface area contributed by atoms with Crippen LogP contribution in [0.4, 0.5) is 8.78 Å². The monoisotopic (exact) mass is 503 g/mol.